The van der Waals surface area contributed by atoms with Crippen LogP contribution in [-0.4, -0.2) is 67.4 Å². The smallest absolute Gasteiger partial charge is 0.260 e. The van der Waals surface area contributed by atoms with Gasteiger partial charge in [-0.3, -0.25) is 14.5 Å². The summed E-state index contributed by atoms with van der Waals surface area (Å²) in [5.74, 6) is -4.05. The molecule has 136 valence electrons. The Hall–Kier alpha value is -2.22. The number of anilines is 1. The summed E-state index contributed by atoms with van der Waals surface area (Å²) in [6.07, 6.45) is -0.340. The first-order valence-electron chi connectivity index (χ1n) is 8.22. The monoisotopic (exact) mass is 353 g/mol. The number of para-hydroxylation sites is 2. The number of rotatable bonds is 5. The summed E-state index contributed by atoms with van der Waals surface area (Å²) < 4.78 is 31.2. The van der Waals surface area contributed by atoms with Gasteiger partial charge < -0.3 is 15.0 Å². The highest BCUT2D eigenvalue weighted by Crippen LogP contribution is 2.49. The van der Waals surface area contributed by atoms with Crippen LogP contribution in [0, 0.1) is 5.92 Å². The van der Waals surface area contributed by atoms with Crippen LogP contribution in [0.5, 0.6) is 5.75 Å². The predicted octanol–water partition coefficient (Wildman–Crippen LogP) is 1.43. The van der Waals surface area contributed by atoms with E-state index in [9.17, 15) is 18.4 Å². The quantitative estimate of drug-likeness (QED) is 0.870. The third-order valence-electron chi connectivity index (χ3n) is 4.56. The minimum Gasteiger partial charge on any atom is -0.495 e. The molecule has 0 bridgehead atoms. The molecule has 1 aliphatic carbocycles. The number of carbonyl (C=O) groups is 2. The highest BCUT2D eigenvalue weighted by molar-refractivity contribution is 5.93. The molecule has 1 saturated heterocycles. The largest absolute Gasteiger partial charge is 0.495 e. The fourth-order valence-corrected chi connectivity index (χ4v) is 2.97. The number of benzene rings is 1. The lowest BCUT2D eigenvalue weighted by molar-refractivity contribution is -0.136. The minimum absolute atomic E-state index is 0.180. The van der Waals surface area contributed by atoms with Gasteiger partial charge in [0, 0.05) is 32.6 Å². The molecule has 25 heavy (non-hydrogen) atoms. The number of amides is 2. The number of carbonyl (C=O) groups excluding carboxylic acids is 2. The van der Waals surface area contributed by atoms with Gasteiger partial charge in [-0.1, -0.05) is 12.1 Å². The van der Waals surface area contributed by atoms with Crippen LogP contribution in [0.2, 0.25) is 0 Å². The Labute approximate surface area is 144 Å². The van der Waals surface area contributed by atoms with Gasteiger partial charge in [0.2, 0.25) is 11.8 Å². The third-order valence-corrected chi connectivity index (χ3v) is 4.56. The maximum atomic E-state index is 13.0. The Morgan fingerprint density at radius 1 is 1.24 bits per heavy atom. The molecule has 1 N–H and O–H groups in total. The Balaban J connectivity index is 1.46. The normalized spacial score (nSPS) is 22.4. The molecule has 2 amide bonds. The van der Waals surface area contributed by atoms with Gasteiger partial charge in [-0.15, -0.1) is 0 Å². The maximum Gasteiger partial charge on any atom is 0.260 e. The molecule has 1 aliphatic heterocycles. The topological polar surface area (TPSA) is 61.9 Å². The first-order valence-corrected chi connectivity index (χ1v) is 8.22. The maximum absolute atomic E-state index is 13.0. The molecule has 1 unspecified atom stereocenters. The van der Waals surface area contributed by atoms with Gasteiger partial charge in [0.25, 0.3) is 5.92 Å². The SMILES string of the molecule is COc1ccccc1NC(=O)CN1CCN(C(=O)C2CC2(F)F)CC1. The molecule has 8 heteroatoms. The summed E-state index contributed by atoms with van der Waals surface area (Å²) in [7, 11) is 1.53. The molecule has 0 radical (unpaired) electrons. The van der Waals surface area contributed by atoms with Crippen LogP contribution in [0.25, 0.3) is 0 Å². The minimum atomic E-state index is -2.83. The molecular weight excluding hydrogens is 332 g/mol. The number of halogens is 2. The fourth-order valence-electron chi connectivity index (χ4n) is 2.97. The molecule has 2 fully saturated rings. The third kappa shape index (κ3) is 4.07. The van der Waals surface area contributed by atoms with Crippen LogP contribution in [-0.2, 0) is 9.59 Å². The van der Waals surface area contributed by atoms with E-state index in [4.69, 9.17) is 4.74 Å². The number of nitrogens with one attached hydrogen (secondary N) is 1. The summed E-state index contributed by atoms with van der Waals surface area (Å²) in [6.45, 7) is 1.90. The molecule has 6 nitrogen and oxygen atoms in total. The Kier molecular flexibility index (Phi) is 4.89. The van der Waals surface area contributed by atoms with Crippen LogP contribution in [0.15, 0.2) is 24.3 Å². The zero-order valence-corrected chi connectivity index (χ0v) is 14.0. The molecule has 1 atom stereocenters. The van der Waals surface area contributed by atoms with Crippen molar-refractivity contribution in [3.05, 3.63) is 24.3 Å². The van der Waals surface area contributed by atoms with Crippen molar-refractivity contribution in [2.75, 3.05) is 45.2 Å². The lowest BCUT2D eigenvalue weighted by Crippen LogP contribution is -2.51. The molecule has 1 saturated carbocycles. The number of piperazine rings is 1. The summed E-state index contributed by atoms with van der Waals surface area (Å²) in [4.78, 5) is 27.5. The second kappa shape index (κ2) is 6.95. The molecule has 1 aromatic carbocycles. The van der Waals surface area contributed by atoms with E-state index >= 15 is 0 Å². The van der Waals surface area contributed by atoms with Gasteiger partial charge in [0.1, 0.15) is 11.7 Å². The zero-order chi connectivity index (χ0) is 18.0. The molecule has 0 spiro atoms. The fraction of sp³-hybridized carbons (Fsp3) is 0.529. The van der Waals surface area contributed by atoms with E-state index in [0.717, 1.165) is 0 Å². The van der Waals surface area contributed by atoms with E-state index in [1.165, 1.54) is 12.0 Å². The lowest BCUT2D eigenvalue weighted by atomic mass is 10.2. The number of nitrogens with zero attached hydrogens (tertiary/aromatic N) is 2. The highest BCUT2D eigenvalue weighted by Gasteiger charge is 2.62. The summed E-state index contributed by atoms with van der Waals surface area (Å²) in [5, 5.41) is 2.80. The van der Waals surface area contributed by atoms with Crippen LogP contribution in [0.1, 0.15) is 6.42 Å². The average Bonchev–Trinajstić information content (AvgIpc) is 3.24. The summed E-state index contributed by atoms with van der Waals surface area (Å²) in [6, 6.07) is 7.13. The lowest BCUT2D eigenvalue weighted by Gasteiger charge is -2.34. The summed E-state index contributed by atoms with van der Waals surface area (Å²) in [5.41, 5.74) is 0.597. The second-order valence-electron chi connectivity index (χ2n) is 6.37. The van der Waals surface area contributed by atoms with Gasteiger partial charge in [-0.25, -0.2) is 8.78 Å². The van der Waals surface area contributed by atoms with Crippen LogP contribution in [0.4, 0.5) is 14.5 Å². The second-order valence-corrected chi connectivity index (χ2v) is 6.37. The molecule has 1 heterocycles. The first-order chi connectivity index (χ1) is 11.9. The van der Waals surface area contributed by atoms with E-state index in [-0.39, 0.29) is 18.9 Å². The van der Waals surface area contributed by atoms with E-state index < -0.39 is 17.7 Å². The van der Waals surface area contributed by atoms with E-state index in [1.54, 1.807) is 18.2 Å². The Bertz CT molecular complexity index is 660. The standard InChI is InChI=1S/C17H21F2N3O3/c1-25-14-5-3-2-4-13(14)20-15(23)11-21-6-8-22(9-7-21)16(24)12-10-17(12,18)19/h2-5,12H,6-11H2,1H3,(H,20,23). The van der Waals surface area contributed by atoms with Gasteiger partial charge in [0.15, 0.2) is 0 Å². The van der Waals surface area contributed by atoms with Gasteiger partial charge in [0.05, 0.1) is 19.3 Å². The number of hydrogen-bond donors (Lipinski definition) is 1. The number of alkyl halides is 2. The van der Waals surface area contributed by atoms with Crippen molar-refractivity contribution < 1.29 is 23.1 Å². The Morgan fingerprint density at radius 3 is 2.48 bits per heavy atom. The number of ether oxygens (including phenoxy) is 1. The first kappa shape index (κ1) is 17.6. The van der Waals surface area contributed by atoms with E-state index in [0.29, 0.717) is 37.6 Å². The van der Waals surface area contributed by atoms with Crippen molar-refractivity contribution in [2.24, 2.45) is 5.92 Å². The van der Waals surface area contributed by atoms with Crippen LogP contribution < -0.4 is 10.1 Å². The van der Waals surface area contributed by atoms with Crippen molar-refractivity contribution in [1.82, 2.24) is 9.80 Å². The predicted molar refractivity (Wildman–Crippen MR) is 87.7 cm³/mol. The number of hydrogen-bond acceptors (Lipinski definition) is 4. The zero-order valence-electron chi connectivity index (χ0n) is 14.0. The van der Waals surface area contributed by atoms with Crippen molar-refractivity contribution in [2.45, 2.75) is 12.3 Å². The van der Waals surface area contributed by atoms with E-state index in [1.807, 2.05) is 11.0 Å². The van der Waals surface area contributed by atoms with Crippen LogP contribution >= 0.6 is 0 Å². The molecule has 0 aromatic heterocycles. The van der Waals surface area contributed by atoms with Gasteiger partial charge >= 0.3 is 0 Å². The Morgan fingerprint density at radius 2 is 1.88 bits per heavy atom. The van der Waals surface area contributed by atoms with Crippen molar-refractivity contribution in [3.8, 4) is 5.75 Å². The van der Waals surface area contributed by atoms with Crippen molar-refractivity contribution >= 4 is 17.5 Å². The molecule has 3 rings (SSSR count). The van der Waals surface area contributed by atoms with Gasteiger partial charge in [-0.2, -0.15) is 0 Å². The molecule has 2 aliphatic rings. The van der Waals surface area contributed by atoms with E-state index in [2.05, 4.69) is 5.32 Å². The number of methoxy groups -OCH3 is 1. The van der Waals surface area contributed by atoms with Crippen molar-refractivity contribution in [1.29, 1.82) is 0 Å². The highest BCUT2D eigenvalue weighted by atomic mass is 19.3. The van der Waals surface area contributed by atoms with Crippen molar-refractivity contribution in [3.63, 3.8) is 0 Å². The summed E-state index contributed by atoms with van der Waals surface area (Å²) >= 11 is 0. The average molecular weight is 353 g/mol. The van der Waals surface area contributed by atoms with Crippen LogP contribution in [0.3, 0.4) is 0 Å². The van der Waals surface area contributed by atoms with Gasteiger partial charge in [-0.05, 0) is 12.1 Å². The molecular formula is C17H21F2N3O3. The molecule has 1 aromatic rings.